The second kappa shape index (κ2) is 6.65. The number of nitrogens with one attached hydrogen (secondary N) is 1. The molecule has 3 N–H and O–H groups in total. The minimum Gasteiger partial charge on any atom is -0.327 e. The van der Waals surface area contributed by atoms with Gasteiger partial charge in [0.05, 0.1) is 4.90 Å². The van der Waals surface area contributed by atoms with Gasteiger partial charge in [-0.1, -0.05) is 29.8 Å². The summed E-state index contributed by atoms with van der Waals surface area (Å²) < 4.78 is 27.3. The van der Waals surface area contributed by atoms with E-state index in [4.69, 9.17) is 5.73 Å². The number of hydrogen-bond donors (Lipinski definition) is 2. The van der Waals surface area contributed by atoms with Crippen LogP contribution in [0.25, 0.3) is 0 Å². The van der Waals surface area contributed by atoms with Gasteiger partial charge < -0.3 is 5.73 Å². The van der Waals surface area contributed by atoms with E-state index in [1.807, 2.05) is 0 Å². The van der Waals surface area contributed by atoms with Crippen LogP contribution in [0.4, 0.5) is 0 Å². The molecular formula is C12H19BrN2O2S. The highest BCUT2D eigenvalue weighted by Crippen LogP contribution is 2.14. The molecule has 1 atom stereocenters. The van der Waals surface area contributed by atoms with Crippen LogP contribution in [0, 0.1) is 5.92 Å². The standard InChI is InChI=1S/C12H19BrN2O2S/c1-9(2)7-11(14)8-15-18(16,17)12-5-3-10(13)4-6-12/h3-6,9,11,15H,7-8,14H2,1-2H3. The third-order valence-corrected chi connectivity index (χ3v) is 4.40. The van der Waals surface area contributed by atoms with Gasteiger partial charge in [-0.3, -0.25) is 0 Å². The number of benzene rings is 1. The van der Waals surface area contributed by atoms with Crippen LogP contribution in [0.2, 0.25) is 0 Å². The van der Waals surface area contributed by atoms with Crippen molar-refractivity contribution in [3.8, 4) is 0 Å². The zero-order valence-electron chi connectivity index (χ0n) is 10.6. The fourth-order valence-corrected chi connectivity index (χ4v) is 2.96. The van der Waals surface area contributed by atoms with Gasteiger partial charge in [0.15, 0.2) is 0 Å². The molecule has 0 spiro atoms. The Balaban J connectivity index is 2.63. The largest absolute Gasteiger partial charge is 0.327 e. The molecule has 0 bridgehead atoms. The lowest BCUT2D eigenvalue weighted by Gasteiger charge is -2.15. The maximum Gasteiger partial charge on any atom is 0.240 e. The van der Waals surface area contributed by atoms with Crippen molar-refractivity contribution in [2.24, 2.45) is 11.7 Å². The molecule has 0 heterocycles. The SMILES string of the molecule is CC(C)CC(N)CNS(=O)(=O)c1ccc(Br)cc1. The predicted octanol–water partition coefficient (Wildman–Crippen LogP) is 2.10. The van der Waals surface area contributed by atoms with Crippen molar-refractivity contribution in [1.82, 2.24) is 4.72 Å². The summed E-state index contributed by atoms with van der Waals surface area (Å²) in [7, 11) is -3.46. The van der Waals surface area contributed by atoms with Crippen molar-refractivity contribution in [2.75, 3.05) is 6.54 Å². The smallest absolute Gasteiger partial charge is 0.240 e. The maximum absolute atomic E-state index is 12.0. The van der Waals surface area contributed by atoms with Gasteiger partial charge in [0.1, 0.15) is 0 Å². The lowest BCUT2D eigenvalue weighted by molar-refractivity contribution is 0.486. The number of halogens is 1. The molecule has 0 fully saturated rings. The van der Waals surface area contributed by atoms with Gasteiger partial charge in [0.25, 0.3) is 0 Å². The van der Waals surface area contributed by atoms with E-state index < -0.39 is 10.0 Å². The number of rotatable bonds is 6. The van der Waals surface area contributed by atoms with Crippen molar-refractivity contribution in [3.63, 3.8) is 0 Å². The number of nitrogens with two attached hydrogens (primary N) is 1. The minimum atomic E-state index is -3.46. The third-order valence-electron chi connectivity index (χ3n) is 2.43. The second-order valence-corrected chi connectivity index (χ2v) is 7.38. The summed E-state index contributed by atoms with van der Waals surface area (Å²) in [5.41, 5.74) is 5.85. The summed E-state index contributed by atoms with van der Waals surface area (Å²) in [5.74, 6) is 0.456. The molecule has 0 aliphatic heterocycles. The fraction of sp³-hybridized carbons (Fsp3) is 0.500. The van der Waals surface area contributed by atoms with Crippen molar-refractivity contribution in [2.45, 2.75) is 31.2 Å². The van der Waals surface area contributed by atoms with Gasteiger partial charge in [-0.25, -0.2) is 13.1 Å². The molecule has 102 valence electrons. The average Bonchev–Trinajstić information content (AvgIpc) is 2.26. The van der Waals surface area contributed by atoms with Gasteiger partial charge in [-0.05, 0) is 36.6 Å². The highest BCUT2D eigenvalue weighted by atomic mass is 79.9. The van der Waals surface area contributed by atoms with Crippen LogP contribution < -0.4 is 10.5 Å². The third kappa shape index (κ3) is 5.06. The molecule has 0 radical (unpaired) electrons. The van der Waals surface area contributed by atoms with Gasteiger partial charge in [0.2, 0.25) is 10.0 Å². The normalized spacial score (nSPS) is 13.8. The first-order valence-corrected chi connectivity index (χ1v) is 8.09. The van der Waals surface area contributed by atoms with E-state index in [0.717, 1.165) is 10.9 Å². The highest BCUT2D eigenvalue weighted by molar-refractivity contribution is 9.10. The molecule has 1 unspecified atom stereocenters. The quantitative estimate of drug-likeness (QED) is 0.836. The van der Waals surface area contributed by atoms with Crippen LogP contribution in [0.1, 0.15) is 20.3 Å². The zero-order valence-corrected chi connectivity index (χ0v) is 13.0. The number of sulfonamides is 1. The van der Waals surface area contributed by atoms with Crippen molar-refractivity contribution >= 4 is 26.0 Å². The minimum absolute atomic E-state index is 0.157. The van der Waals surface area contributed by atoms with Crippen LogP contribution in [0.3, 0.4) is 0 Å². The van der Waals surface area contributed by atoms with Crippen molar-refractivity contribution in [1.29, 1.82) is 0 Å². The zero-order chi connectivity index (χ0) is 13.8. The summed E-state index contributed by atoms with van der Waals surface area (Å²) in [6, 6.07) is 6.35. The molecule has 0 aliphatic carbocycles. The summed E-state index contributed by atoms with van der Waals surface area (Å²) in [5, 5.41) is 0. The van der Waals surface area contributed by atoms with Crippen LogP contribution in [-0.2, 0) is 10.0 Å². The van der Waals surface area contributed by atoms with Crippen molar-refractivity contribution < 1.29 is 8.42 Å². The van der Waals surface area contributed by atoms with E-state index in [1.165, 1.54) is 0 Å². The fourth-order valence-electron chi connectivity index (χ4n) is 1.60. The van der Waals surface area contributed by atoms with Crippen LogP contribution in [-0.4, -0.2) is 21.0 Å². The second-order valence-electron chi connectivity index (χ2n) is 4.70. The topological polar surface area (TPSA) is 72.2 Å². The molecule has 1 aromatic carbocycles. The first-order valence-electron chi connectivity index (χ1n) is 5.82. The summed E-state index contributed by atoms with van der Waals surface area (Å²) in [6.07, 6.45) is 0.795. The molecule has 0 aliphatic rings. The maximum atomic E-state index is 12.0. The highest BCUT2D eigenvalue weighted by Gasteiger charge is 2.15. The first-order chi connectivity index (χ1) is 8.31. The Labute approximate surface area is 117 Å². The first kappa shape index (κ1) is 15.6. The van der Waals surface area contributed by atoms with Crippen LogP contribution in [0.5, 0.6) is 0 Å². The van der Waals surface area contributed by atoms with Gasteiger partial charge in [-0.15, -0.1) is 0 Å². The van der Waals surface area contributed by atoms with Crippen LogP contribution >= 0.6 is 15.9 Å². The Morgan fingerprint density at radius 1 is 1.28 bits per heavy atom. The van der Waals surface area contributed by atoms with E-state index in [0.29, 0.717) is 5.92 Å². The molecule has 0 saturated heterocycles. The van der Waals surface area contributed by atoms with E-state index in [1.54, 1.807) is 24.3 Å². The molecule has 1 rings (SSSR count). The monoisotopic (exact) mass is 334 g/mol. The predicted molar refractivity (Wildman–Crippen MR) is 76.8 cm³/mol. The molecule has 0 aromatic heterocycles. The molecule has 4 nitrogen and oxygen atoms in total. The van der Waals surface area contributed by atoms with E-state index in [9.17, 15) is 8.42 Å². The lowest BCUT2D eigenvalue weighted by atomic mass is 10.1. The van der Waals surface area contributed by atoms with Gasteiger partial charge in [-0.2, -0.15) is 0 Å². The summed E-state index contributed by atoms with van der Waals surface area (Å²) >= 11 is 3.27. The van der Waals surface area contributed by atoms with E-state index in [2.05, 4.69) is 34.5 Å². The molecule has 18 heavy (non-hydrogen) atoms. The molecule has 6 heteroatoms. The van der Waals surface area contributed by atoms with Crippen molar-refractivity contribution in [3.05, 3.63) is 28.7 Å². The van der Waals surface area contributed by atoms with E-state index in [-0.39, 0.29) is 17.5 Å². The summed E-state index contributed by atoms with van der Waals surface area (Å²) in [4.78, 5) is 0.252. The Kier molecular flexibility index (Phi) is 5.78. The Bertz CT molecular complexity index is 471. The van der Waals surface area contributed by atoms with Gasteiger partial charge >= 0.3 is 0 Å². The molecule has 0 saturated carbocycles. The number of hydrogen-bond acceptors (Lipinski definition) is 3. The van der Waals surface area contributed by atoms with Crippen LogP contribution in [0.15, 0.2) is 33.6 Å². The Hall–Kier alpha value is -0.430. The Morgan fingerprint density at radius 2 is 1.83 bits per heavy atom. The van der Waals surface area contributed by atoms with Gasteiger partial charge in [0, 0.05) is 17.1 Å². The molecule has 0 amide bonds. The average molecular weight is 335 g/mol. The lowest BCUT2D eigenvalue weighted by Crippen LogP contribution is -2.37. The molecule has 1 aromatic rings. The summed E-state index contributed by atoms with van der Waals surface area (Å²) in [6.45, 7) is 4.38. The Morgan fingerprint density at radius 3 is 2.33 bits per heavy atom. The van der Waals surface area contributed by atoms with E-state index >= 15 is 0 Å². The molecular weight excluding hydrogens is 316 g/mol.